The predicted octanol–water partition coefficient (Wildman–Crippen LogP) is 3.52. The molecule has 1 aromatic carbocycles. The quantitative estimate of drug-likeness (QED) is 0.868. The van der Waals surface area contributed by atoms with Crippen LogP contribution in [-0.2, 0) is 11.2 Å². The van der Waals surface area contributed by atoms with Crippen LogP contribution in [0.2, 0.25) is 0 Å². The van der Waals surface area contributed by atoms with Crippen molar-refractivity contribution in [2.45, 2.75) is 31.7 Å². The normalized spacial score (nSPS) is 18.2. The SMILES string of the molecule is O=C(Cc1cccnc1)N1CCCC[C@@H]1c1ccc(F)cc1. The summed E-state index contributed by atoms with van der Waals surface area (Å²) in [5.74, 6) is -0.130. The Labute approximate surface area is 129 Å². The van der Waals surface area contributed by atoms with Crippen LogP contribution in [0.5, 0.6) is 0 Å². The average Bonchev–Trinajstić information content (AvgIpc) is 2.56. The van der Waals surface area contributed by atoms with E-state index in [2.05, 4.69) is 4.98 Å². The van der Waals surface area contributed by atoms with Gasteiger partial charge in [0, 0.05) is 18.9 Å². The summed E-state index contributed by atoms with van der Waals surface area (Å²) >= 11 is 0. The van der Waals surface area contributed by atoms with Crippen molar-refractivity contribution in [3.63, 3.8) is 0 Å². The summed E-state index contributed by atoms with van der Waals surface area (Å²) in [6, 6.07) is 10.3. The molecule has 2 aromatic rings. The first-order valence-electron chi connectivity index (χ1n) is 7.68. The molecule has 4 heteroatoms. The van der Waals surface area contributed by atoms with Gasteiger partial charge < -0.3 is 4.90 Å². The van der Waals surface area contributed by atoms with E-state index >= 15 is 0 Å². The van der Waals surface area contributed by atoms with E-state index < -0.39 is 0 Å². The van der Waals surface area contributed by atoms with Crippen molar-refractivity contribution < 1.29 is 9.18 Å². The summed E-state index contributed by atoms with van der Waals surface area (Å²) in [5, 5.41) is 0. The van der Waals surface area contributed by atoms with Gasteiger partial charge in [-0.3, -0.25) is 9.78 Å². The summed E-state index contributed by atoms with van der Waals surface area (Å²) in [7, 11) is 0. The molecule has 1 fully saturated rings. The molecule has 0 saturated carbocycles. The number of nitrogens with zero attached hydrogens (tertiary/aromatic N) is 2. The van der Waals surface area contributed by atoms with Crippen molar-refractivity contribution in [2.75, 3.05) is 6.54 Å². The molecular formula is C18H19FN2O. The zero-order valence-electron chi connectivity index (χ0n) is 12.4. The highest BCUT2D eigenvalue weighted by Gasteiger charge is 2.27. The minimum absolute atomic E-state index is 0.0542. The summed E-state index contributed by atoms with van der Waals surface area (Å²) in [4.78, 5) is 18.6. The number of piperidine rings is 1. The Bertz CT molecular complexity index is 627. The molecule has 0 unspecified atom stereocenters. The first kappa shape index (κ1) is 14.7. The number of hydrogen-bond acceptors (Lipinski definition) is 2. The van der Waals surface area contributed by atoms with Crippen LogP contribution in [0, 0.1) is 5.82 Å². The molecule has 22 heavy (non-hydrogen) atoms. The fraction of sp³-hybridized carbons (Fsp3) is 0.333. The summed E-state index contributed by atoms with van der Waals surface area (Å²) in [6.07, 6.45) is 6.86. The Morgan fingerprint density at radius 1 is 1.23 bits per heavy atom. The van der Waals surface area contributed by atoms with Crippen LogP contribution >= 0.6 is 0 Å². The largest absolute Gasteiger partial charge is 0.335 e. The minimum Gasteiger partial charge on any atom is -0.335 e. The number of carbonyl (C=O) groups is 1. The van der Waals surface area contributed by atoms with E-state index in [4.69, 9.17) is 0 Å². The maximum Gasteiger partial charge on any atom is 0.227 e. The van der Waals surface area contributed by atoms with Gasteiger partial charge in [-0.25, -0.2) is 4.39 Å². The van der Waals surface area contributed by atoms with Gasteiger partial charge in [-0.15, -0.1) is 0 Å². The van der Waals surface area contributed by atoms with Gasteiger partial charge in [0.15, 0.2) is 0 Å². The molecule has 0 spiro atoms. The van der Waals surface area contributed by atoms with E-state index in [1.165, 1.54) is 12.1 Å². The van der Waals surface area contributed by atoms with Crippen molar-refractivity contribution in [2.24, 2.45) is 0 Å². The average molecular weight is 298 g/mol. The molecular weight excluding hydrogens is 279 g/mol. The first-order valence-corrected chi connectivity index (χ1v) is 7.68. The molecule has 0 aliphatic carbocycles. The van der Waals surface area contributed by atoms with Gasteiger partial charge in [0.1, 0.15) is 5.82 Å². The lowest BCUT2D eigenvalue weighted by atomic mass is 9.94. The van der Waals surface area contributed by atoms with Crippen LogP contribution in [0.3, 0.4) is 0 Å². The van der Waals surface area contributed by atoms with Gasteiger partial charge in [0.25, 0.3) is 0 Å². The Balaban J connectivity index is 1.77. The van der Waals surface area contributed by atoms with E-state index in [0.29, 0.717) is 6.42 Å². The van der Waals surface area contributed by atoms with E-state index in [9.17, 15) is 9.18 Å². The summed E-state index contributed by atoms with van der Waals surface area (Å²) < 4.78 is 13.1. The predicted molar refractivity (Wildman–Crippen MR) is 82.6 cm³/mol. The van der Waals surface area contributed by atoms with Crippen molar-refractivity contribution in [1.82, 2.24) is 9.88 Å². The monoisotopic (exact) mass is 298 g/mol. The molecule has 1 aromatic heterocycles. The zero-order chi connectivity index (χ0) is 15.4. The van der Waals surface area contributed by atoms with Gasteiger partial charge in [-0.05, 0) is 48.6 Å². The zero-order valence-corrected chi connectivity index (χ0v) is 12.4. The van der Waals surface area contributed by atoms with E-state index in [1.54, 1.807) is 24.5 Å². The molecule has 0 bridgehead atoms. The van der Waals surface area contributed by atoms with E-state index in [0.717, 1.165) is 36.9 Å². The summed E-state index contributed by atoms with van der Waals surface area (Å²) in [6.45, 7) is 0.765. The van der Waals surface area contributed by atoms with Crippen LogP contribution < -0.4 is 0 Å². The van der Waals surface area contributed by atoms with Crippen LogP contribution in [0.4, 0.5) is 4.39 Å². The van der Waals surface area contributed by atoms with Crippen molar-refractivity contribution in [1.29, 1.82) is 0 Å². The number of benzene rings is 1. The number of carbonyl (C=O) groups excluding carboxylic acids is 1. The highest BCUT2D eigenvalue weighted by molar-refractivity contribution is 5.79. The van der Waals surface area contributed by atoms with Crippen molar-refractivity contribution in [3.05, 3.63) is 65.7 Å². The first-order chi connectivity index (χ1) is 10.7. The van der Waals surface area contributed by atoms with Gasteiger partial charge in [-0.1, -0.05) is 18.2 Å². The lowest BCUT2D eigenvalue weighted by molar-refractivity contribution is -0.134. The maximum atomic E-state index is 13.1. The van der Waals surface area contributed by atoms with Gasteiger partial charge in [0.2, 0.25) is 5.91 Å². The molecule has 1 atom stereocenters. The summed E-state index contributed by atoms with van der Waals surface area (Å²) in [5.41, 5.74) is 1.94. The molecule has 2 heterocycles. The van der Waals surface area contributed by atoms with Gasteiger partial charge in [-0.2, -0.15) is 0 Å². The lowest BCUT2D eigenvalue weighted by Crippen LogP contribution is -2.39. The van der Waals surface area contributed by atoms with Crippen LogP contribution in [0.15, 0.2) is 48.8 Å². The molecule has 1 saturated heterocycles. The third-order valence-corrected chi connectivity index (χ3v) is 4.16. The third-order valence-electron chi connectivity index (χ3n) is 4.16. The van der Waals surface area contributed by atoms with Gasteiger partial charge in [0.05, 0.1) is 12.5 Å². The Hall–Kier alpha value is -2.23. The Morgan fingerprint density at radius 3 is 2.77 bits per heavy atom. The number of likely N-dealkylation sites (tertiary alicyclic amines) is 1. The van der Waals surface area contributed by atoms with Crippen LogP contribution in [0.25, 0.3) is 0 Å². The molecule has 1 aliphatic heterocycles. The van der Waals surface area contributed by atoms with Crippen molar-refractivity contribution >= 4 is 5.91 Å². The smallest absolute Gasteiger partial charge is 0.227 e. The molecule has 1 amide bonds. The number of pyridine rings is 1. The number of amides is 1. The molecule has 114 valence electrons. The lowest BCUT2D eigenvalue weighted by Gasteiger charge is -2.36. The van der Waals surface area contributed by atoms with E-state index in [-0.39, 0.29) is 17.8 Å². The standard InChI is InChI=1S/C18H19FN2O/c19-16-8-6-15(7-9-16)17-5-1-2-11-21(17)18(22)12-14-4-3-10-20-13-14/h3-4,6-10,13,17H,1-2,5,11-12H2/t17-/m1/s1. The molecule has 1 aliphatic rings. The second kappa shape index (κ2) is 6.69. The highest BCUT2D eigenvalue weighted by Crippen LogP contribution is 2.31. The number of halogens is 1. The molecule has 3 nitrogen and oxygen atoms in total. The number of rotatable bonds is 3. The van der Waals surface area contributed by atoms with Crippen LogP contribution in [-0.4, -0.2) is 22.3 Å². The molecule has 0 radical (unpaired) electrons. The molecule has 3 rings (SSSR count). The maximum absolute atomic E-state index is 13.1. The van der Waals surface area contributed by atoms with Gasteiger partial charge >= 0.3 is 0 Å². The second-order valence-electron chi connectivity index (χ2n) is 5.69. The van der Waals surface area contributed by atoms with E-state index in [1.807, 2.05) is 17.0 Å². The second-order valence-corrected chi connectivity index (χ2v) is 5.69. The fourth-order valence-electron chi connectivity index (χ4n) is 3.04. The topological polar surface area (TPSA) is 33.2 Å². The number of aromatic nitrogens is 1. The number of hydrogen-bond donors (Lipinski definition) is 0. The fourth-order valence-corrected chi connectivity index (χ4v) is 3.04. The Kier molecular flexibility index (Phi) is 4.47. The molecule has 0 N–H and O–H groups in total. The third kappa shape index (κ3) is 3.32. The van der Waals surface area contributed by atoms with Crippen molar-refractivity contribution in [3.8, 4) is 0 Å². The minimum atomic E-state index is -0.243. The highest BCUT2D eigenvalue weighted by atomic mass is 19.1. The van der Waals surface area contributed by atoms with Crippen LogP contribution in [0.1, 0.15) is 36.4 Å². The Morgan fingerprint density at radius 2 is 2.05 bits per heavy atom.